The van der Waals surface area contributed by atoms with Gasteiger partial charge in [0, 0.05) is 26.2 Å². The zero-order valence-electron chi connectivity index (χ0n) is 15.2. The average Bonchev–Trinajstić information content (AvgIpc) is 3.20. The standard InChI is InChI=1S/C19H26N4O3/c1-3-20-19(22-11-10-15-6-8-16(25-2)9-7-15)23-13-12-21-18(24)17-5-4-14-26-17/h4-9,14H,3,10-13H2,1-2H3,(H,21,24)(H2,20,22,23). The Morgan fingerprint density at radius 3 is 2.54 bits per heavy atom. The van der Waals surface area contributed by atoms with Crippen molar-refractivity contribution in [3.63, 3.8) is 0 Å². The highest BCUT2D eigenvalue weighted by Gasteiger charge is 2.06. The molecule has 0 saturated carbocycles. The van der Waals surface area contributed by atoms with Crippen LogP contribution in [0.4, 0.5) is 0 Å². The van der Waals surface area contributed by atoms with Crippen molar-refractivity contribution in [3.05, 3.63) is 54.0 Å². The second-order valence-electron chi connectivity index (χ2n) is 5.52. The van der Waals surface area contributed by atoms with E-state index in [0.29, 0.717) is 25.4 Å². The molecule has 1 aromatic carbocycles. The first-order valence-electron chi connectivity index (χ1n) is 8.69. The van der Waals surface area contributed by atoms with E-state index in [1.54, 1.807) is 19.2 Å². The molecule has 0 spiro atoms. The first-order chi connectivity index (χ1) is 12.7. The van der Waals surface area contributed by atoms with Crippen molar-refractivity contribution >= 4 is 11.9 Å². The summed E-state index contributed by atoms with van der Waals surface area (Å²) in [4.78, 5) is 16.3. The number of guanidine groups is 1. The molecule has 0 aliphatic carbocycles. The molecule has 0 unspecified atom stereocenters. The third kappa shape index (κ3) is 6.51. The third-order valence-corrected chi connectivity index (χ3v) is 3.62. The molecule has 0 aliphatic rings. The predicted octanol–water partition coefficient (Wildman–Crippen LogP) is 1.82. The number of rotatable bonds is 9. The molecule has 0 fully saturated rings. The van der Waals surface area contributed by atoms with Crippen molar-refractivity contribution in [1.29, 1.82) is 0 Å². The van der Waals surface area contributed by atoms with Gasteiger partial charge in [-0.2, -0.15) is 0 Å². The van der Waals surface area contributed by atoms with Crippen LogP contribution in [0.25, 0.3) is 0 Å². The molecule has 7 nitrogen and oxygen atoms in total. The Hall–Kier alpha value is -2.96. The van der Waals surface area contributed by atoms with E-state index in [-0.39, 0.29) is 5.91 Å². The van der Waals surface area contributed by atoms with Gasteiger partial charge < -0.3 is 25.1 Å². The van der Waals surface area contributed by atoms with Crippen LogP contribution in [-0.2, 0) is 6.42 Å². The van der Waals surface area contributed by atoms with Gasteiger partial charge in [0.05, 0.1) is 13.4 Å². The molecule has 0 bridgehead atoms. The van der Waals surface area contributed by atoms with Crippen LogP contribution in [0.3, 0.4) is 0 Å². The van der Waals surface area contributed by atoms with Gasteiger partial charge in [0.2, 0.25) is 0 Å². The molecule has 140 valence electrons. The van der Waals surface area contributed by atoms with E-state index in [4.69, 9.17) is 9.15 Å². The van der Waals surface area contributed by atoms with Crippen molar-refractivity contribution in [3.8, 4) is 5.75 Å². The largest absolute Gasteiger partial charge is 0.497 e. The monoisotopic (exact) mass is 358 g/mol. The van der Waals surface area contributed by atoms with Crippen LogP contribution in [-0.4, -0.2) is 45.2 Å². The van der Waals surface area contributed by atoms with Crippen LogP contribution in [0.15, 0.2) is 52.1 Å². The highest BCUT2D eigenvalue weighted by atomic mass is 16.5. The molecule has 3 N–H and O–H groups in total. The van der Waals surface area contributed by atoms with E-state index in [9.17, 15) is 4.79 Å². The molecule has 0 atom stereocenters. The number of amides is 1. The van der Waals surface area contributed by atoms with Crippen LogP contribution in [0, 0.1) is 0 Å². The quantitative estimate of drug-likeness (QED) is 0.361. The number of aliphatic imine (C=N–C) groups is 1. The summed E-state index contributed by atoms with van der Waals surface area (Å²) >= 11 is 0. The van der Waals surface area contributed by atoms with E-state index in [1.807, 2.05) is 31.2 Å². The molecule has 7 heteroatoms. The molecule has 1 amide bonds. The summed E-state index contributed by atoms with van der Waals surface area (Å²) in [5, 5.41) is 9.18. The first-order valence-corrected chi connectivity index (χ1v) is 8.69. The normalized spacial score (nSPS) is 11.1. The van der Waals surface area contributed by atoms with Gasteiger partial charge in [-0.05, 0) is 43.2 Å². The number of nitrogens with zero attached hydrogens (tertiary/aromatic N) is 1. The second kappa shape index (κ2) is 10.8. The number of carbonyl (C=O) groups excluding carboxylic acids is 1. The average molecular weight is 358 g/mol. The lowest BCUT2D eigenvalue weighted by atomic mass is 10.1. The third-order valence-electron chi connectivity index (χ3n) is 3.62. The summed E-state index contributed by atoms with van der Waals surface area (Å²) in [5.41, 5.74) is 1.20. The maximum Gasteiger partial charge on any atom is 0.287 e. The van der Waals surface area contributed by atoms with Crippen molar-refractivity contribution in [2.24, 2.45) is 4.99 Å². The molecular formula is C19H26N4O3. The van der Waals surface area contributed by atoms with Crippen molar-refractivity contribution in [1.82, 2.24) is 16.0 Å². The lowest BCUT2D eigenvalue weighted by Crippen LogP contribution is -2.41. The van der Waals surface area contributed by atoms with Crippen LogP contribution in [0.5, 0.6) is 5.75 Å². The van der Waals surface area contributed by atoms with Crippen LogP contribution in [0.1, 0.15) is 23.0 Å². The molecule has 0 saturated heterocycles. The Balaban J connectivity index is 1.72. The van der Waals surface area contributed by atoms with Gasteiger partial charge >= 0.3 is 0 Å². The Morgan fingerprint density at radius 1 is 1.12 bits per heavy atom. The number of furan rings is 1. The summed E-state index contributed by atoms with van der Waals surface area (Å²) in [5.74, 6) is 1.67. The number of hydrogen-bond donors (Lipinski definition) is 3. The van der Waals surface area contributed by atoms with Gasteiger partial charge in [-0.25, -0.2) is 0 Å². The Kier molecular flexibility index (Phi) is 8.05. The zero-order chi connectivity index (χ0) is 18.6. The number of ether oxygens (including phenoxy) is 1. The first kappa shape index (κ1) is 19.4. The topological polar surface area (TPSA) is 87.9 Å². The summed E-state index contributed by atoms with van der Waals surface area (Å²) in [6.07, 6.45) is 2.32. The van der Waals surface area contributed by atoms with E-state index in [1.165, 1.54) is 11.8 Å². The van der Waals surface area contributed by atoms with Crippen molar-refractivity contribution in [2.75, 3.05) is 33.3 Å². The zero-order valence-corrected chi connectivity index (χ0v) is 15.2. The minimum atomic E-state index is -0.224. The SMILES string of the molecule is CCNC(=NCCc1ccc(OC)cc1)NCCNC(=O)c1ccco1. The van der Waals surface area contributed by atoms with Gasteiger partial charge in [-0.1, -0.05) is 12.1 Å². The van der Waals surface area contributed by atoms with Gasteiger partial charge in [0.25, 0.3) is 5.91 Å². The van der Waals surface area contributed by atoms with Gasteiger partial charge in [0.15, 0.2) is 11.7 Å². The molecule has 0 aliphatic heterocycles. The fraction of sp³-hybridized carbons (Fsp3) is 0.368. The highest BCUT2D eigenvalue weighted by Crippen LogP contribution is 2.11. The molecule has 26 heavy (non-hydrogen) atoms. The van der Waals surface area contributed by atoms with E-state index < -0.39 is 0 Å². The fourth-order valence-electron chi connectivity index (χ4n) is 2.28. The van der Waals surface area contributed by atoms with E-state index >= 15 is 0 Å². The summed E-state index contributed by atoms with van der Waals surface area (Å²) in [7, 11) is 1.66. The van der Waals surface area contributed by atoms with E-state index in [0.717, 1.165) is 24.7 Å². The lowest BCUT2D eigenvalue weighted by molar-refractivity contribution is 0.0926. The molecule has 2 rings (SSSR count). The highest BCUT2D eigenvalue weighted by molar-refractivity contribution is 5.91. The maximum atomic E-state index is 11.8. The van der Waals surface area contributed by atoms with Crippen LogP contribution in [0.2, 0.25) is 0 Å². The van der Waals surface area contributed by atoms with Crippen LogP contribution < -0.4 is 20.7 Å². The van der Waals surface area contributed by atoms with Crippen molar-refractivity contribution < 1.29 is 13.9 Å². The Morgan fingerprint density at radius 2 is 1.88 bits per heavy atom. The molecular weight excluding hydrogens is 332 g/mol. The maximum absolute atomic E-state index is 11.8. The lowest BCUT2D eigenvalue weighted by Gasteiger charge is -2.11. The molecule has 1 heterocycles. The van der Waals surface area contributed by atoms with Gasteiger partial charge in [0.1, 0.15) is 5.75 Å². The number of hydrogen-bond acceptors (Lipinski definition) is 4. The fourth-order valence-corrected chi connectivity index (χ4v) is 2.28. The number of benzene rings is 1. The smallest absolute Gasteiger partial charge is 0.287 e. The second-order valence-corrected chi connectivity index (χ2v) is 5.52. The van der Waals surface area contributed by atoms with E-state index in [2.05, 4.69) is 20.9 Å². The van der Waals surface area contributed by atoms with Gasteiger partial charge in [-0.15, -0.1) is 0 Å². The van der Waals surface area contributed by atoms with Crippen LogP contribution >= 0.6 is 0 Å². The predicted molar refractivity (Wildman–Crippen MR) is 102 cm³/mol. The van der Waals surface area contributed by atoms with Gasteiger partial charge in [-0.3, -0.25) is 9.79 Å². The van der Waals surface area contributed by atoms with Crippen molar-refractivity contribution in [2.45, 2.75) is 13.3 Å². The number of nitrogens with one attached hydrogen (secondary N) is 3. The molecule has 0 radical (unpaired) electrons. The summed E-state index contributed by atoms with van der Waals surface area (Å²) in [6.45, 7) is 4.50. The molecule has 2 aromatic rings. The Bertz CT molecular complexity index is 681. The Labute approximate surface area is 153 Å². The summed E-state index contributed by atoms with van der Waals surface area (Å²) in [6, 6.07) is 11.3. The number of carbonyl (C=O) groups is 1. The minimum absolute atomic E-state index is 0.224. The minimum Gasteiger partial charge on any atom is -0.497 e. The summed E-state index contributed by atoms with van der Waals surface area (Å²) < 4.78 is 10.2. The number of methoxy groups -OCH3 is 1. The molecule has 1 aromatic heterocycles.